The largest absolute Gasteiger partial charge is 0.394 e. The molecule has 1 unspecified atom stereocenters. The molecule has 18 heavy (non-hydrogen) atoms. The molecule has 4 heteroatoms. The molecule has 0 radical (unpaired) electrons. The van der Waals surface area contributed by atoms with Gasteiger partial charge in [0.1, 0.15) is 5.82 Å². The third-order valence-corrected chi connectivity index (χ3v) is 4.21. The third kappa shape index (κ3) is 3.53. The Morgan fingerprint density at radius 2 is 2.06 bits per heavy atom. The maximum atomic E-state index is 13.5. The van der Waals surface area contributed by atoms with E-state index in [0.717, 1.165) is 18.4 Å². The van der Waals surface area contributed by atoms with Crippen LogP contribution in [0.25, 0.3) is 0 Å². The Hall–Kier alpha value is -0.450. The summed E-state index contributed by atoms with van der Waals surface area (Å²) in [5.74, 6) is -0.281. The summed E-state index contributed by atoms with van der Waals surface area (Å²) in [5.41, 5.74) is 0.809. The first-order valence-corrected chi connectivity index (χ1v) is 7.32. The molecule has 0 saturated heterocycles. The van der Waals surface area contributed by atoms with E-state index in [1.54, 1.807) is 6.07 Å². The van der Waals surface area contributed by atoms with Gasteiger partial charge in [0.15, 0.2) is 0 Å². The predicted octanol–water partition coefficient (Wildman–Crippen LogP) is 3.54. The van der Waals surface area contributed by atoms with Gasteiger partial charge in [-0.05, 0) is 46.5 Å². The SMILES string of the molecule is OCC(NC1CCCCC1)c1ccc(Br)c(F)c1. The Labute approximate surface area is 116 Å². The van der Waals surface area contributed by atoms with Crippen LogP contribution in [0.15, 0.2) is 22.7 Å². The number of halogens is 2. The molecule has 0 spiro atoms. The third-order valence-electron chi connectivity index (χ3n) is 3.57. The van der Waals surface area contributed by atoms with E-state index in [1.165, 1.54) is 25.3 Å². The first-order chi connectivity index (χ1) is 8.70. The van der Waals surface area contributed by atoms with Gasteiger partial charge in [-0.15, -0.1) is 0 Å². The molecule has 2 rings (SSSR count). The van der Waals surface area contributed by atoms with Gasteiger partial charge in [0, 0.05) is 6.04 Å². The number of hydrogen-bond acceptors (Lipinski definition) is 2. The van der Waals surface area contributed by atoms with E-state index in [4.69, 9.17) is 0 Å². The summed E-state index contributed by atoms with van der Waals surface area (Å²) in [5, 5.41) is 12.9. The van der Waals surface area contributed by atoms with Crippen LogP contribution in [-0.2, 0) is 0 Å². The van der Waals surface area contributed by atoms with Crippen LogP contribution in [-0.4, -0.2) is 17.8 Å². The van der Waals surface area contributed by atoms with E-state index in [2.05, 4.69) is 21.2 Å². The van der Waals surface area contributed by atoms with Crippen LogP contribution in [0.5, 0.6) is 0 Å². The molecule has 2 nitrogen and oxygen atoms in total. The average molecular weight is 316 g/mol. The van der Waals surface area contributed by atoms with Gasteiger partial charge in [0.25, 0.3) is 0 Å². The number of aliphatic hydroxyl groups is 1. The molecule has 1 saturated carbocycles. The molecule has 1 aromatic rings. The lowest BCUT2D eigenvalue weighted by Crippen LogP contribution is -2.36. The number of benzene rings is 1. The summed E-state index contributed by atoms with van der Waals surface area (Å²) in [6.45, 7) is -0.00241. The summed E-state index contributed by atoms with van der Waals surface area (Å²) in [7, 11) is 0. The quantitative estimate of drug-likeness (QED) is 0.890. The van der Waals surface area contributed by atoms with Gasteiger partial charge < -0.3 is 10.4 Å². The number of nitrogens with one attached hydrogen (secondary N) is 1. The molecule has 1 fully saturated rings. The molecule has 0 aromatic heterocycles. The topological polar surface area (TPSA) is 32.3 Å². The van der Waals surface area contributed by atoms with Crippen LogP contribution in [0.1, 0.15) is 43.7 Å². The van der Waals surface area contributed by atoms with Crippen LogP contribution in [0.2, 0.25) is 0 Å². The van der Waals surface area contributed by atoms with Crippen molar-refractivity contribution < 1.29 is 9.50 Å². The minimum absolute atomic E-state index is 0.00241. The Morgan fingerprint density at radius 3 is 2.67 bits per heavy atom. The van der Waals surface area contributed by atoms with Crippen molar-refractivity contribution >= 4 is 15.9 Å². The number of aliphatic hydroxyl groups excluding tert-OH is 1. The molecule has 2 N–H and O–H groups in total. The van der Waals surface area contributed by atoms with Crippen LogP contribution in [0.4, 0.5) is 4.39 Å². The fourth-order valence-electron chi connectivity index (χ4n) is 2.54. The zero-order valence-corrected chi connectivity index (χ0v) is 11.9. The molecule has 1 aromatic carbocycles. The fraction of sp³-hybridized carbons (Fsp3) is 0.571. The van der Waals surface area contributed by atoms with Gasteiger partial charge in [-0.3, -0.25) is 0 Å². The second-order valence-corrected chi connectivity index (χ2v) is 5.76. The van der Waals surface area contributed by atoms with E-state index >= 15 is 0 Å². The lowest BCUT2D eigenvalue weighted by atomic mass is 9.94. The molecule has 1 aliphatic carbocycles. The standard InChI is InChI=1S/C14H19BrFNO/c15-12-7-6-10(8-13(12)16)14(9-18)17-11-4-2-1-3-5-11/h6-8,11,14,17-18H,1-5,9H2. The van der Waals surface area contributed by atoms with E-state index in [9.17, 15) is 9.50 Å². The Bertz CT molecular complexity index is 393. The van der Waals surface area contributed by atoms with Gasteiger partial charge in [0.2, 0.25) is 0 Å². The van der Waals surface area contributed by atoms with Crippen molar-refractivity contribution in [3.05, 3.63) is 34.1 Å². The Kier molecular flexibility index (Phi) is 5.15. The Balaban J connectivity index is 2.04. The number of hydrogen-bond donors (Lipinski definition) is 2. The highest BCUT2D eigenvalue weighted by Gasteiger charge is 2.19. The van der Waals surface area contributed by atoms with Crippen molar-refractivity contribution in [3.8, 4) is 0 Å². The molecule has 0 amide bonds. The average Bonchev–Trinajstić information content (AvgIpc) is 2.40. The van der Waals surface area contributed by atoms with E-state index in [1.807, 2.05) is 6.07 Å². The summed E-state index contributed by atoms with van der Waals surface area (Å²) in [6.07, 6.45) is 6.08. The summed E-state index contributed by atoms with van der Waals surface area (Å²) >= 11 is 3.14. The first-order valence-electron chi connectivity index (χ1n) is 6.52. The molecule has 1 atom stereocenters. The monoisotopic (exact) mass is 315 g/mol. The van der Waals surface area contributed by atoms with Crippen molar-refractivity contribution in [2.45, 2.75) is 44.2 Å². The second-order valence-electron chi connectivity index (χ2n) is 4.91. The minimum atomic E-state index is -0.281. The Morgan fingerprint density at radius 1 is 1.33 bits per heavy atom. The number of rotatable bonds is 4. The van der Waals surface area contributed by atoms with Gasteiger partial charge in [0.05, 0.1) is 17.1 Å². The van der Waals surface area contributed by atoms with Crippen molar-refractivity contribution in [2.24, 2.45) is 0 Å². The molecule has 1 aliphatic rings. The predicted molar refractivity (Wildman–Crippen MR) is 73.9 cm³/mol. The molecular weight excluding hydrogens is 297 g/mol. The van der Waals surface area contributed by atoms with Crippen molar-refractivity contribution in [1.82, 2.24) is 5.32 Å². The van der Waals surface area contributed by atoms with E-state index in [0.29, 0.717) is 10.5 Å². The zero-order chi connectivity index (χ0) is 13.0. The molecule has 0 heterocycles. The van der Waals surface area contributed by atoms with E-state index < -0.39 is 0 Å². The lowest BCUT2D eigenvalue weighted by molar-refractivity contribution is 0.220. The van der Waals surface area contributed by atoms with Crippen LogP contribution < -0.4 is 5.32 Å². The first kappa shape index (κ1) is 14.0. The smallest absolute Gasteiger partial charge is 0.137 e. The van der Waals surface area contributed by atoms with Crippen molar-refractivity contribution in [3.63, 3.8) is 0 Å². The van der Waals surface area contributed by atoms with Gasteiger partial charge >= 0.3 is 0 Å². The lowest BCUT2D eigenvalue weighted by Gasteiger charge is -2.28. The molecular formula is C14H19BrFNO. The normalized spacial score (nSPS) is 18.8. The van der Waals surface area contributed by atoms with Crippen LogP contribution in [0, 0.1) is 5.82 Å². The van der Waals surface area contributed by atoms with Gasteiger partial charge in [-0.25, -0.2) is 4.39 Å². The van der Waals surface area contributed by atoms with Gasteiger partial charge in [-0.2, -0.15) is 0 Å². The van der Waals surface area contributed by atoms with E-state index in [-0.39, 0.29) is 18.5 Å². The highest BCUT2D eigenvalue weighted by atomic mass is 79.9. The molecule has 0 bridgehead atoms. The maximum Gasteiger partial charge on any atom is 0.137 e. The summed E-state index contributed by atoms with van der Waals surface area (Å²) in [4.78, 5) is 0. The van der Waals surface area contributed by atoms with Crippen molar-refractivity contribution in [2.75, 3.05) is 6.61 Å². The summed E-state index contributed by atoms with van der Waals surface area (Å²) in [6, 6.07) is 5.30. The van der Waals surface area contributed by atoms with Crippen LogP contribution in [0.3, 0.4) is 0 Å². The molecule has 0 aliphatic heterocycles. The minimum Gasteiger partial charge on any atom is -0.394 e. The fourth-order valence-corrected chi connectivity index (χ4v) is 2.78. The summed E-state index contributed by atoms with van der Waals surface area (Å²) < 4.78 is 14.0. The highest BCUT2D eigenvalue weighted by Crippen LogP contribution is 2.24. The molecule has 100 valence electrons. The second kappa shape index (κ2) is 6.64. The van der Waals surface area contributed by atoms with Gasteiger partial charge in [-0.1, -0.05) is 25.3 Å². The highest BCUT2D eigenvalue weighted by molar-refractivity contribution is 9.10. The maximum absolute atomic E-state index is 13.5. The van der Waals surface area contributed by atoms with Crippen molar-refractivity contribution in [1.29, 1.82) is 0 Å². The zero-order valence-electron chi connectivity index (χ0n) is 10.3. The van der Waals surface area contributed by atoms with Crippen LogP contribution >= 0.6 is 15.9 Å².